The lowest BCUT2D eigenvalue weighted by Crippen LogP contribution is -2.31. The van der Waals surface area contributed by atoms with Crippen molar-refractivity contribution in [1.29, 1.82) is 0 Å². The summed E-state index contributed by atoms with van der Waals surface area (Å²) >= 11 is 0. The maximum absolute atomic E-state index is 5.14. The summed E-state index contributed by atoms with van der Waals surface area (Å²) in [7, 11) is 0.120. The van der Waals surface area contributed by atoms with Gasteiger partial charge in [-0.15, -0.1) is 0 Å². The van der Waals surface area contributed by atoms with Crippen LogP contribution < -0.4 is 4.74 Å². The molecular weight excluding hydrogens is 208 g/mol. The van der Waals surface area contributed by atoms with E-state index in [4.69, 9.17) is 4.74 Å². The van der Waals surface area contributed by atoms with Gasteiger partial charge in [-0.3, -0.25) is 0 Å². The molecule has 2 heterocycles. The second-order valence-electron chi connectivity index (χ2n) is 4.34. The third-order valence-electron chi connectivity index (χ3n) is 2.22. The van der Waals surface area contributed by atoms with E-state index in [0.717, 1.165) is 11.2 Å². The van der Waals surface area contributed by atoms with Crippen molar-refractivity contribution < 1.29 is 4.74 Å². The molecule has 0 fully saturated rings. The highest BCUT2D eigenvalue weighted by Gasteiger charge is 2.21. The van der Waals surface area contributed by atoms with Gasteiger partial charge in [-0.2, -0.15) is 4.98 Å². The molecular formula is C9H14N4OSi. The first-order valence-electron chi connectivity index (χ1n) is 4.76. The average Bonchev–Trinajstić information content (AvgIpc) is 2.59. The molecule has 0 unspecified atom stereocenters. The molecule has 0 aliphatic rings. The van der Waals surface area contributed by atoms with Crippen LogP contribution in [0.4, 0.5) is 0 Å². The van der Waals surface area contributed by atoms with Gasteiger partial charge in [0.1, 0.15) is 6.33 Å². The van der Waals surface area contributed by atoms with Crippen LogP contribution in [0.1, 0.15) is 0 Å². The van der Waals surface area contributed by atoms with Crippen molar-refractivity contribution in [3.05, 3.63) is 12.7 Å². The van der Waals surface area contributed by atoms with E-state index in [9.17, 15) is 0 Å². The van der Waals surface area contributed by atoms with Crippen molar-refractivity contribution in [3.8, 4) is 5.88 Å². The van der Waals surface area contributed by atoms with Gasteiger partial charge in [0.25, 0.3) is 0 Å². The number of hydrogen-bond donors (Lipinski definition) is 0. The van der Waals surface area contributed by atoms with Crippen LogP contribution in [0.3, 0.4) is 0 Å². The number of fused-ring (bicyclic) bond motifs is 1. The first kappa shape index (κ1) is 10.1. The van der Waals surface area contributed by atoms with E-state index in [1.165, 1.54) is 6.33 Å². The maximum atomic E-state index is 5.14. The summed E-state index contributed by atoms with van der Waals surface area (Å²) in [5.41, 5.74) is 1.60. The number of aromatic nitrogens is 4. The molecule has 0 saturated carbocycles. The standard InChI is InChI=1S/C9H14N4OSi/c1-14-9-7-8(10-5-11-9)13(6-12-7)15(2,3)4/h5-6H,1-4H3. The van der Waals surface area contributed by atoms with Crippen LogP contribution in [0.2, 0.25) is 19.6 Å². The third kappa shape index (κ3) is 1.61. The van der Waals surface area contributed by atoms with E-state index >= 15 is 0 Å². The average molecular weight is 222 g/mol. The molecule has 2 aromatic rings. The van der Waals surface area contributed by atoms with Crippen LogP contribution in [0.5, 0.6) is 5.88 Å². The fourth-order valence-electron chi connectivity index (χ4n) is 1.45. The first-order chi connectivity index (χ1) is 7.04. The maximum Gasteiger partial charge on any atom is 0.245 e. The molecule has 2 rings (SSSR count). The lowest BCUT2D eigenvalue weighted by atomic mass is 10.5. The van der Waals surface area contributed by atoms with E-state index in [0.29, 0.717) is 5.88 Å². The second-order valence-corrected chi connectivity index (χ2v) is 9.16. The smallest absolute Gasteiger partial charge is 0.245 e. The highest BCUT2D eigenvalue weighted by molar-refractivity contribution is 6.75. The zero-order chi connectivity index (χ0) is 11.1. The predicted molar refractivity (Wildman–Crippen MR) is 60.6 cm³/mol. The largest absolute Gasteiger partial charge is 0.479 e. The Morgan fingerprint density at radius 2 is 1.93 bits per heavy atom. The molecule has 6 heteroatoms. The Balaban J connectivity index is 2.72. The number of hydrogen-bond acceptors (Lipinski definition) is 4. The number of rotatable bonds is 2. The molecule has 0 N–H and O–H groups in total. The Morgan fingerprint density at radius 1 is 1.20 bits per heavy atom. The summed E-state index contributed by atoms with van der Waals surface area (Å²) in [5.74, 6) is 0.539. The highest BCUT2D eigenvalue weighted by atomic mass is 28.3. The second kappa shape index (κ2) is 3.30. The Kier molecular flexibility index (Phi) is 2.22. The normalized spacial score (nSPS) is 12.0. The predicted octanol–water partition coefficient (Wildman–Crippen LogP) is 1.52. The molecule has 0 aliphatic heterocycles. The quantitative estimate of drug-likeness (QED) is 0.723. The Bertz CT molecular complexity index is 488. The van der Waals surface area contributed by atoms with Crippen molar-refractivity contribution in [3.63, 3.8) is 0 Å². The van der Waals surface area contributed by atoms with E-state index in [1.807, 2.05) is 6.33 Å². The molecule has 0 aromatic carbocycles. The van der Waals surface area contributed by atoms with Gasteiger partial charge in [0.05, 0.1) is 13.4 Å². The Hall–Kier alpha value is -1.43. The number of methoxy groups -OCH3 is 1. The SMILES string of the molecule is COc1ncnc2c1ncn2[Si](C)(C)C. The van der Waals surface area contributed by atoms with Gasteiger partial charge in [-0.25, -0.2) is 9.97 Å². The fraction of sp³-hybridized carbons (Fsp3) is 0.444. The van der Waals surface area contributed by atoms with Gasteiger partial charge in [-0.05, 0) is 0 Å². The van der Waals surface area contributed by atoms with Crippen LogP contribution in [0, 0.1) is 0 Å². The monoisotopic (exact) mass is 222 g/mol. The van der Waals surface area contributed by atoms with Gasteiger partial charge in [0.2, 0.25) is 5.88 Å². The van der Waals surface area contributed by atoms with Crippen molar-refractivity contribution >= 4 is 19.4 Å². The van der Waals surface area contributed by atoms with E-state index in [-0.39, 0.29) is 0 Å². The van der Waals surface area contributed by atoms with Gasteiger partial charge < -0.3 is 8.97 Å². The summed E-state index contributed by atoms with van der Waals surface area (Å²) in [4.78, 5) is 12.6. The lowest BCUT2D eigenvalue weighted by molar-refractivity contribution is 0.401. The Labute approximate surface area is 89.2 Å². The van der Waals surface area contributed by atoms with Gasteiger partial charge in [-0.1, -0.05) is 19.6 Å². The van der Waals surface area contributed by atoms with Gasteiger partial charge in [0.15, 0.2) is 19.4 Å². The van der Waals surface area contributed by atoms with Crippen molar-refractivity contribution in [1.82, 2.24) is 19.2 Å². The minimum atomic E-state index is -1.47. The van der Waals surface area contributed by atoms with Crippen molar-refractivity contribution in [2.45, 2.75) is 19.6 Å². The van der Waals surface area contributed by atoms with Crippen LogP contribution in [0.15, 0.2) is 12.7 Å². The minimum absolute atomic E-state index is 0.539. The molecule has 0 spiro atoms. The van der Waals surface area contributed by atoms with Crippen LogP contribution in [0.25, 0.3) is 11.2 Å². The number of imidazole rings is 1. The van der Waals surface area contributed by atoms with Gasteiger partial charge in [0, 0.05) is 0 Å². The molecule has 0 atom stereocenters. The van der Waals surface area contributed by atoms with Crippen molar-refractivity contribution in [2.75, 3.05) is 7.11 Å². The van der Waals surface area contributed by atoms with E-state index in [2.05, 4.69) is 38.8 Å². The van der Waals surface area contributed by atoms with Crippen LogP contribution in [-0.2, 0) is 0 Å². The molecule has 2 aromatic heterocycles. The Morgan fingerprint density at radius 3 is 2.53 bits per heavy atom. The molecule has 0 bridgehead atoms. The molecule has 15 heavy (non-hydrogen) atoms. The molecule has 80 valence electrons. The number of ether oxygens (including phenoxy) is 1. The lowest BCUT2D eigenvalue weighted by Gasteiger charge is -2.17. The first-order valence-corrected chi connectivity index (χ1v) is 8.21. The molecule has 0 amide bonds. The summed E-state index contributed by atoms with van der Waals surface area (Å²) in [6.45, 7) is 6.72. The molecule has 0 saturated heterocycles. The summed E-state index contributed by atoms with van der Waals surface area (Å²) < 4.78 is 7.29. The van der Waals surface area contributed by atoms with Crippen molar-refractivity contribution in [2.24, 2.45) is 0 Å². The topological polar surface area (TPSA) is 52.8 Å². The highest BCUT2D eigenvalue weighted by Crippen LogP contribution is 2.21. The zero-order valence-electron chi connectivity index (χ0n) is 9.35. The molecule has 0 radical (unpaired) electrons. The van der Waals surface area contributed by atoms with Gasteiger partial charge >= 0.3 is 0 Å². The fourth-order valence-corrected chi connectivity index (χ4v) is 2.66. The molecule has 5 nitrogen and oxygen atoms in total. The van der Waals surface area contributed by atoms with Crippen LogP contribution >= 0.6 is 0 Å². The van der Waals surface area contributed by atoms with Crippen LogP contribution in [-0.4, -0.2) is 34.5 Å². The summed E-state index contributed by atoms with van der Waals surface area (Å²) in [6.07, 6.45) is 3.34. The zero-order valence-corrected chi connectivity index (χ0v) is 10.4. The number of nitrogens with zero attached hydrogens (tertiary/aromatic N) is 4. The van der Waals surface area contributed by atoms with E-state index < -0.39 is 8.24 Å². The summed E-state index contributed by atoms with van der Waals surface area (Å²) in [5, 5.41) is 0. The van der Waals surface area contributed by atoms with E-state index in [1.54, 1.807) is 7.11 Å². The minimum Gasteiger partial charge on any atom is -0.479 e. The summed E-state index contributed by atoms with van der Waals surface area (Å²) in [6, 6.07) is 0. The molecule has 0 aliphatic carbocycles. The third-order valence-corrected chi connectivity index (χ3v) is 3.99.